The molecule has 5 atom stereocenters. The van der Waals surface area contributed by atoms with E-state index in [2.05, 4.69) is 101 Å². The highest BCUT2D eigenvalue weighted by Crippen LogP contribution is 2.45. The van der Waals surface area contributed by atoms with Crippen molar-refractivity contribution in [2.75, 3.05) is 39.6 Å². The maximum absolute atomic E-state index is 13.1. The van der Waals surface area contributed by atoms with Crippen LogP contribution >= 0.6 is 15.6 Å². The van der Waals surface area contributed by atoms with Crippen molar-refractivity contribution in [2.24, 2.45) is 0 Å². The van der Waals surface area contributed by atoms with Crippen LogP contribution in [-0.2, 0) is 65.4 Å². The van der Waals surface area contributed by atoms with Crippen molar-refractivity contribution in [3.63, 3.8) is 0 Å². The number of carbonyl (C=O) groups excluding carboxylic acids is 4. The van der Waals surface area contributed by atoms with Gasteiger partial charge < -0.3 is 33.8 Å². The molecule has 0 bridgehead atoms. The van der Waals surface area contributed by atoms with Crippen LogP contribution in [0.15, 0.2) is 72.9 Å². The fourth-order valence-electron chi connectivity index (χ4n) is 9.91. The molecule has 19 heteroatoms. The highest BCUT2D eigenvalue weighted by molar-refractivity contribution is 7.47. The summed E-state index contributed by atoms with van der Waals surface area (Å²) in [5, 5.41) is 10.6. The average molecular weight is 1370 g/mol. The lowest BCUT2D eigenvalue weighted by Gasteiger charge is -2.21. The predicted molar refractivity (Wildman–Crippen MR) is 381 cm³/mol. The SMILES string of the molecule is CC/C=C\C/C=C\C/C=C\CCCCCCCC(=O)OCC(COP(=O)(O)OCC(O)COP(=O)(O)OCC(COC(=O)CCCCCCC/C=C\CCCCCC)OC(=O)CCCCCCC/C=C\CCCC)OC(=O)CCCCCCC/C=C\CCCCCCCC. The molecule has 0 saturated carbocycles. The number of carbonyl (C=O) groups is 4. The van der Waals surface area contributed by atoms with E-state index in [1.54, 1.807) is 0 Å². The Kier molecular flexibility index (Phi) is 65.5. The van der Waals surface area contributed by atoms with Crippen molar-refractivity contribution in [1.82, 2.24) is 0 Å². The predicted octanol–water partition coefficient (Wildman–Crippen LogP) is 20.9. The van der Waals surface area contributed by atoms with Crippen LogP contribution in [0.25, 0.3) is 0 Å². The van der Waals surface area contributed by atoms with E-state index in [-0.39, 0.29) is 25.7 Å². The minimum Gasteiger partial charge on any atom is -0.462 e. The first-order valence-electron chi connectivity index (χ1n) is 37.2. The summed E-state index contributed by atoms with van der Waals surface area (Å²) in [5.74, 6) is -2.20. The number of phosphoric ester groups is 2. The Morgan fingerprint density at radius 2 is 0.564 bits per heavy atom. The van der Waals surface area contributed by atoms with Crippen LogP contribution in [0.5, 0.6) is 0 Å². The van der Waals surface area contributed by atoms with Gasteiger partial charge in [0, 0.05) is 25.7 Å². The molecule has 17 nitrogen and oxygen atoms in total. The molecule has 0 fully saturated rings. The Morgan fingerprint density at radius 1 is 0.309 bits per heavy atom. The first-order chi connectivity index (χ1) is 45.7. The third-order valence-electron chi connectivity index (χ3n) is 15.6. The van der Waals surface area contributed by atoms with Gasteiger partial charge in [-0.15, -0.1) is 0 Å². The number of phosphoric acid groups is 2. The number of aliphatic hydroxyl groups excluding tert-OH is 1. The second kappa shape index (κ2) is 68.0. The summed E-state index contributed by atoms with van der Waals surface area (Å²) < 4.78 is 68.3. The van der Waals surface area contributed by atoms with Crippen molar-refractivity contribution in [2.45, 2.75) is 341 Å². The molecular weight excluding hydrogens is 1230 g/mol. The van der Waals surface area contributed by atoms with Crippen LogP contribution in [0.2, 0.25) is 0 Å². The molecule has 0 radical (unpaired) electrons. The number of ether oxygens (including phenoxy) is 4. The highest BCUT2D eigenvalue weighted by atomic mass is 31.2. The van der Waals surface area contributed by atoms with Crippen LogP contribution in [0.1, 0.15) is 323 Å². The average Bonchev–Trinajstić information content (AvgIpc) is 1.36. The molecule has 0 aliphatic carbocycles. The molecule has 0 aliphatic rings. The van der Waals surface area contributed by atoms with Gasteiger partial charge in [-0.2, -0.15) is 0 Å². The Bertz CT molecular complexity index is 2070. The molecule has 0 heterocycles. The summed E-state index contributed by atoms with van der Waals surface area (Å²) in [6.07, 6.45) is 66.2. The van der Waals surface area contributed by atoms with Crippen molar-refractivity contribution in [3.05, 3.63) is 72.9 Å². The van der Waals surface area contributed by atoms with Crippen LogP contribution in [-0.4, -0.2) is 96.7 Å². The van der Waals surface area contributed by atoms with Crippen molar-refractivity contribution < 1.29 is 80.2 Å². The second-order valence-corrected chi connectivity index (χ2v) is 27.8. The van der Waals surface area contributed by atoms with E-state index < -0.39 is 97.5 Å². The van der Waals surface area contributed by atoms with Gasteiger partial charge in [-0.25, -0.2) is 9.13 Å². The lowest BCUT2D eigenvalue weighted by Crippen LogP contribution is -2.30. The normalized spacial score (nSPS) is 14.4. The van der Waals surface area contributed by atoms with E-state index in [4.69, 9.17) is 37.0 Å². The maximum Gasteiger partial charge on any atom is 0.472 e. The number of rotatable bonds is 70. The van der Waals surface area contributed by atoms with Crippen LogP contribution in [0.4, 0.5) is 0 Å². The largest absolute Gasteiger partial charge is 0.472 e. The molecule has 0 aromatic rings. The molecule has 546 valence electrons. The van der Waals surface area contributed by atoms with Crippen LogP contribution in [0.3, 0.4) is 0 Å². The van der Waals surface area contributed by atoms with E-state index >= 15 is 0 Å². The molecule has 5 unspecified atom stereocenters. The van der Waals surface area contributed by atoms with E-state index in [9.17, 15) is 43.2 Å². The van der Waals surface area contributed by atoms with E-state index in [0.29, 0.717) is 25.7 Å². The first-order valence-corrected chi connectivity index (χ1v) is 40.2. The van der Waals surface area contributed by atoms with Gasteiger partial charge in [-0.05, 0) is 128 Å². The minimum atomic E-state index is -4.97. The summed E-state index contributed by atoms with van der Waals surface area (Å²) in [5.41, 5.74) is 0. The van der Waals surface area contributed by atoms with Crippen LogP contribution in [0, 0.1) is 0 Å². The summed E-state index contributed by atoms with van der Waals surface area (Å²) >= 11 is 0. The lowest BCUT2D eigenvalue weighted by molar-refractivity contribution is -0.161. The molecular formula is C75H134O17P2. The van der Waals surface area contributed by atoms with Crippen molar-refractivity contribution in [3.8, 4) is 0 Å². The molecule has 0 aromatic carbocycles. The molecule has 0 amide bonds. The molecule has 0 aliphatic heterocycles. The zero-order valence-electron chi connectivity index (χ0n) is 59.4. The lowest BCUT2D eigenvalue weighted by atomic mass is 10.1. The van der Waals surface area contributed by atoms with Gasteiger partial charge in [-0.3, -0.25) is 37.3 Å². The Labute approximate surface area is 571 Å². The Morgan fingerprint density at radius 3 is 0.904 bits per heavy atom. The number of hydrogen-bond acceptors (Lipinski definition) is 15. The molecule has 94 heavy (non-hydrogen) atoms. The maximum atomic E-state index is 13.1. The van der Waals surface area contributed by atoms with Gasteiger partial charge in [0.15, 0.2) is 12.2 Å². The number of unbranched alkanes of at least 4 members (excludes halogenated alkanes) is 32. The molecule has 0 aromatic heterocycles. The zero-order valence-corrected chi connectivity index (χ0v) is 61.2. The van der Waals surface area contributed by atoms with Crippen molar-refractivity contribution >= 4 is 39.5 Å². The smallest absolute Gasteiger partial charge is 0.462 e. The third kappa shape index (κ3) is 67.1. The Balaban J connectivity index is 5.33. The summed E-state index contributed by atoms with van der Waals surface area (Å²) in [7, 11) is -9.94. The standard InChI is InChI=1S/C75H134O17P2/c1-5-9-13-17-21-25-29-32-34-37-41-44-48-52-56-60-73(78)86-66-71(92-75(80)62-58-54-50-46-42-38-35-33-30-26-22-18-14-10-6-2)68-90-94(83,84)88-64-69(76)63-87-93(81,82)89-67-70(91-74(79)61-57-53-49-45-39-28-24-20-16-12-8-4)65-85-72(77)59-55-51-47-43-40-36-31-27-23-19-15-11-7-3/h9,13,20-21,24-25,27,31-35,69-71,76H,5-8,10-12,14-19,22-23,26,28-30,36-68H2,1-4H3,(H,81,82)(H,83,84)/b13-9-,24-20-,25-21-,31-27-,34-32-,35-33-. The van der Waals surface area contributed by atoms with E-state index in [0.717, 1.165) is 167 Å². The minimum absolute atomic E-state index is 0.0832. The second-order valence-electron chi connectivity index (χ2n) is 24.8. The van der Waals surface area contributed by atoms with Gasteiger partial charge >= 0.3 is 39.5 Å². The highest BCUT2D eigenvalue weighted by Gasteiger charge is 2.30. The first kappa shape index (κ1) is 90.5. The topological polar surface area (TPSA) is 237 Å². The molecule has 0 spiro atoms. The molecule has 0 saturated heterocycles. The van der Waals surface area contributed by atoms with Gasteiger partial charge in [0.05, 0.1) is 26.4 Å². The summed E-state index contributed by atoms with van der Waals surface area (Å²) in [6.45, 7) is 4.68. The monoisotopic (exact) mass is 1370 g/mol. The summed E-state index contributed by atoms with van der Waals surface area (Å²) in [6, 6.07) is 0. The number of aliphatic hydroxyl groups is 1. The Hall–Kier alpha value is -3.50. The van der Waals surface area contributed by atoms with E-state index in [1.807, 2.05) is 0 Å². The fourth-order valence-corrected chi connectivity index (χ4v) is 11.5. The summed E-state index contributed by atoms with van der Waals surface area (Å²) in [4.78, 5) is 72.7. The van der Waals surface area contributed by atoms with Crippen LogP contribution < -0.4 is 0 Å². The molecule has 0 rings (SSSR count). The quantitative estimate of drug-likeness (QED) is 0.0169. The number of esters is 4. The fraction of sp³-hybridized carbons (Fsp3) is 0.787. The van der Waals surface area contributed by atoms with Gasteiger partial charge in [-0.1, -0.05) is 242 Å². The van der Waals surface area contributed by atoms with Gasteiger partial charge in [0.2, 0.25) is 0 Å². The number of allylic oxidation sites excluding steroid dienone is 12. The van der Waals surface area contributed by atoms with Crippen molar-refractivity contribution in [1.29, 1.82) is 0 Å². The number of hydrogen-bond donors (Lipinski definition) is 3. The third-order valence-corrected chi connectivity index (χ3v) is 17.5. The van der Waals surface area contributed by atoms with Gasteiger partial charge in [0.1, 0.15) is 19.3 Å². The van der Waals surface area contributed by atoms with Gasteiger partial charge in [0.25, 0.3) is 0 Å². The molecule has 3 N–H and O–H groups in total. The van der Waals surface area contributed by atoms with E-state index in [1.165, 1.54) is 77.0 Å². The zero-order chi connectivity index (χ0) is 69.0.